The Bertz CT molecular complexity index is 665. The summed E-state index contributed by atoms with van der Waals surface area (Å²) in [5.74, 6) is 0. The summed E-state index contributed by atoms with van der Waals surface area (Å²) in [6.45, 7) is 0.650. The summed E-state index contributed by atoms with van der Waals surface area (Å²) in [4.78, 5) is 12.6. The van der Waals surface area contributed by atoms with E-state index in [4.69, 9.17) is 0 Å². The van der Waals surface area contributed by atoms with E-state index in [1.807, 2.05) is 47.5 Å². The number of hydrogen-bond acceptors (Lipinski definition) is 3. The number of nitrogens with zero attached hydrogens (tertiary/aromatic N) is 2. The highest BCUT2D eigenvalue weighted by atomic mass is 16.6. The van der Waals surface area contributed by atoms with Crippen LogP contribution in [-0.4, -0.2) is 4.92 Å². The number of anilines is 1. The van der Waals surface area contributed by atoms with Gasteiger partial charge in [0.05, 0.1) is 4.92 Å². The van der Waals surface area contributed by atoms with Crippen molar-refractivity contribution >= 4 is 17.5 Å². The second-order valence-corrected chi connectivity index (χ2v) is 4.39. The van der Waals surface area contributed by atoms with Crippen LogP contribution >= 0.6 is 0 Å². The lowest BCUT2D eigenvalue weighted by atomic mass is 10.0. The predicted octanol–water partition coefficient (Wildman–Crippen LogP) is 3.59. The van der Waals surface area contributed by atoms with E-state index in [9.17, 15) is 10.1 Å². The summed E-state index contributed by atoms with van der Waals surface area (Å²) < 4.78 is 0. The van der Waals surface area contributed by atoms with Crippen LogP contribution in [0.4, 0.5) is 11.4 Å². The summed E-state index contributed by atoms with van der Waals surface area (Å²) in [7, 11) is 0. The van der Waals surface area contributed by atoms with Crippen molar-refractivity contribution in [1.82, 2.24) is 0 Å². The molecule has 0 aromatic heterocycles. The molecule has 0 fully saturated rings. The average molecular weight is 252 g/mol. The topological polar surface area (TPSA) is 46.4 Å². The van der Waals surface area contributed by atoms with Gasteiger partial charge in [-0.2, -0.15) is 0 Å². The molecule has 2 aromatic rings. The standard InChI is InChI=1S/C15H12N2O2/c18-17(19)15-8-4-3-7-14(15)16-10-9-12-5-1-2-6-13(12)11-16/h1-10H,11H2. The highest BCUT2D eigenvalue weighted by Gasteiger charge is 2.19. The van der Waals surface area contributed by atoms with Crippen molar-refractivity contribution in [3.05, 3.63) is 76.0 Å². The first kappa shape index (κ1) is 11.5. The van der Waals surface area contributed by atoms with E-state index < -0.39 is 0 Å². The minimum Gasteiger partial charge on any atom is -0.338 e. The SMILES string of the molecule is O=[N+]([O-])c1ccccc1N1C=Cc2ccccc2C1. The fraction of sp³-hybridized carbons (Fsp3) is 0.0667. The van der Waals surface area contributed by atoms with Gasteiger partial charge in [0.2, 0.25) is 0 Å². The highest BCUT2D eigenvalue weighted by molar-refractivity contribution is 5.70. The second-order valence-electron chi connectivity index (χ2n) is 4.39. The summed E-state index contributed by atoms with van der Waals surface area (Å²) in [6.07, 6.45) is 3.88. The monoisotopic (exact) mass is 252 g/mol. The van der Waals surface area contributed by atoms with Gasteiger partial charge in [-0.1, -0.05) is 36.4 Å². The molecule has 0 atom stereocenters. The van der Waals surface area contributed by atoms with Gasteiger partial charge in [0.25, 0.3) is 5.69 Å². The van der Waals surface area contributed by atoms with Crippen LogP contribution in [0.25, 0.3) is 6.08 Å². The molecule has 1 heterocycles. The van der Waals surface area contributed by atoms with Gasteiger partial charge in [-0.05, 0) is 23.3 Å². The van der Waals surface area contributed by atoms with Crippen LogP contribution in [0.2, 0.25) is 0 Å². The van der Waals surface area contributed by atoms with Crippen LogP contribution in [0, 0.1) is 10.1 Å². The summed E-state index contributed by atoms with van der Waals surface area (Å²) in [6, 6.07) is 14.9. The number of benzene rings is 2. The molecule has 19 heavy (non-hydrogen) atoms. The quantitative estimate of drug-likeness (QED) is 0.606. The molecule has 3 rings (SSSR count). The Morgan fingerprint density at radius 3 is 2.63 bits per heavy atom. The zero-order valence-corrected chi connectivity index (χ0v) is 10.2. The molecular weight excluding hydrogens is 240 g/mol. The zero-order valence-electron chi connectivity index (χ0n) is 10.2. The number of hydrogen-bond donors (Lipinski definition) is 0. The van der Waals surface area contributed by atoms with Crippen molar-refractivity contribution in [2.24, 2.45) is 0 Å². The third-order valence-electron chi connectivity index (χ3n) is 3.22. The molecule has 2 aromatic carbocycles. The fourth-order valence-corrected chi connectivity index (χ4v) is 2.27. The summed E-state index contributed by atoms with van der Waals surface area (Å²) >= 11 is 0. The number of nitro groups is 1. The molecule has 4 nitrogen and oxygen atoms in total. The summed E-state index contributed by atoms with van der Waals surface area (Å²) in [5.41, 5.74) is 3.09. The van der Waals surface area contributed by atoms with Crippen LogP contribution in [0.15, 0.2) is 54.7 Å². The first-order valence-corrected chi connectivity index (χ1v) is 6.02. The molecule has 0 unspecified atom stereocenters. The van der Waals surface area contributed by atoms with E-state index in [1.54, 1.807) is 12.1 Å². The molecule has 0 N–H and O–H groups in total. The van der Waals surface area contributed by atoms with Crippen molar-refractivity contribution in [3.8, 4) is 0 Å². The van der Waals surface area contributed by atoms with E-state index in [0.29, 0.717) is 12.2 Å². The minimum atomic E-state index is -0.344. The normalized spacial score (nSPS) is 13.2. The summed E-state index contributed by atoms with van der Waals surface area (Å²) in [5, 5.41) is 11.1. The highest BCUT2D eigenvalue weighted by Crippen LogP contribution is 2.31. The lowest BCUT2D eigenvalue weighted by molar-refractivity contribution is -0.384. The Morgan fingerprint density at radius 1 is 1.05 bits per heavy atom. The third kappa shape index (κ3) is 2.08. The van der Waals surface area contributed by atoms with Gasteiger partial charge in [0.1, 0.15) is 5.69 Å². The molecule has 1 aliphatic heterocycles. The molecule has 0 radical (unpaired) electrons. The van der Waals surface area contributed by atoms with Crippen molar-refractivity contribution in [3.63, 3.8) is 0 Å². The van der Waals surface area contributed by atoms with Gasteiger partial charge in [-0.15, -0.1) is 0 Å². The molecule has 0 spiro atoms. The molecule has 0 amide bonds. The molecule has 4 heteroatoms. The average Bonchev–Trinajstić information content (AvgIpc) is 2.46. The maximum absolute atomic E-state index is 11.1. The fourth-order valence-electron chi connectivity index (χ4n) is 2.27. The van der Waals surface area contributed by atoms with Crippen molar-refractivity contribution in [2.75, 3.05) is 4.90 Å². The Labute approximate surface area is 110 Å². The number of fused-ring (bicyclic) bond motifs is 1. The number of nitro benzene ring substituents is 1. The van der Waals surface area contributed by atoms with E-state index in [-0.39, 0.29) is 10.6 Å². The third-order valence-corrected chi connectivity index (χ3v) is 3.22. The van der Waals surface area contributed by atoms with E-state index in [1.165, 1.54) is 11.6 Å². The van der Waals surface area contributed by atoms with Gasteiger partial charge < -0.3 is 4.90 Å². The van der Waals surface area contributed by atoms with Crippen LogP contribution in [0.1, 0.15) is 11.1 Å². The van der Waals surface area contributed by atoms with Crippen molar-refractivity contribution < 1.29 is 4.92 Å². The van der Waals surface area contributed by atoms with Gasteiger partial charge in [-0.3, -0.25) is 10.1 Å². The van der Waals surface area contributed by atoms with E-state index in [0.717, 1.165) is 5.56 Å². The van der Waals surface area contributed by atoms with E-state index in [2.05, 4.69) is 0 Å². The Kier molecular flexibility index (Phi) is 2.76. The number of para-hydroxylation sites is 2. The largest absolute Gasteiger partial charge is 0.338 e. The Morgan fingerprint density at radius 2 is 1.79 bits per heavy atom. The van der Waals surface area contributed by atoms with Gasteiger partial charge >= 0.3 is 0 Å². The van der Waals surface area contributed by atoms with Gasteiger partial charge in [0, 0.05) is 18.8 Å². The molecular formula is C15H12N2O2. The molecule has 0 saturated heterocycles. The Balaban J connectivity index is 2.01. The Hall–Kier alpha value is -2.62. The zero-order chi connectivity index (χ0) is 13.2. The molecule has 1 aliphatic rings. The second kappa shape index (κ2) is 4.57. The first-order chi connectivity index (χ1) is 9.25. The maximum atomic E-state index is 11.1. The predicted molar refractivity (Wildman–Crippen MR) is 74.8 cm³/mol. The van der Waals surface area contributed by atoms with Crippen LogP contribution in [0.5, 0.6) is 0 Å². The first-order valence-electron chi connectivity index (χ1n) is 6.02. The molecule has 0 aliphatic carbocycles. The van der Waals surface area contributed by atoms with Gasteiger partial charge in [0.15, 0.2) is 0 Å². The maximum Gasteiger partial charge on any atom is 0.292 e. The minimum absolute atomic E-state index is 0.131. The van der Waals surface area contributed by atoms with Crippen molar-refractivity contribution in [2.45, 2.75) is 6.54 Å². The van der Waals surface area contributed by atoms with Crippen LogP contribution in [-0.2, 0) is 6.54 Å². The molecule has 0 saturated carbocycles. The van der Waals surface area contributed by atoms with Crippen LogP contribution in [0.3, 0.4) is 0 Å². The van der Waals surface area contributed by atoms with Gasteiger partial charge in [-0.25, -0.2) is 0 Å². The number of rotatable bonds is 2. The molecule has 94 valence electrons. The lowest BCUT2D eigenvalue weighted by Crippen LogP contribution is -2.19. The molecule has 0 bridgehead atoms. The van der Waals surface area contributed by atoms with E-state index >= 15 is 0 Å². The van der Waals surface area contributed by atoms with Crippen LogP contribution < -0.4 is 4.90 Å². The lowest BCUT2D eigenvalue weighted by Gasteiger charge is -2.25. The smallest absolute Gasteiger partial charge is 0.292 e. The van der Waals surface area contributed by atoms with Crippen molar-refractivity contribution in [1.29, 1.82) is 0 Å².